The van der Waals surface area contributed by atoms with E-state index in [9.17, 15) is 14.9 Å². The molecule has 0 aliphatic carbocycles. The molecule has 0 radical (unpaired) electrons. The summed E-state index contributed by atoms with van der Waals surface area (Å²) < 4.78 is 15.5. The number of nitro groups is 1. The van der Waals surface area contributed by atoms with E-state index in [0.717, 1.165) is 0 Å². The summed E-state index contributed by atoms with van der Waals surface area (Å²) in [4.78, 5) is 22.8. The molecule has 0 aliphatic rings. The number of nitrogens with zero attached hydrogens (tertiary/aromatic N) is 2. The number of carbonyl (C=O) groups excluding carboxylic acids is 1. The maximum Gasteiger partial charge on any atom is 0.282 e. The van der Waals surface area contributed by atoms with Crippen LogP contribution < -0.4 is 19.6 Å². The molecule has 0 saturated heterocycles. The second-order valence-corrected chi connectivity index (χ2v) is 5.18. The van der Waals surface area contributed by atoms with Crippen LogP contribution in [0.3, 0.4) is 0 Å². The zero-order valence-electron chi connectivity index (χ0n) is 15.1. The van der Waals surface area contributed by atoms with Crippen LogP contribution in [0.4, 0.5) is 5.69 Å². The Morgan fingerprint density at radius 1 is 1.19 bits per heavy atom. The number of rotatable bonds is 8. The van der Waals surface area contributed by atoms with Gasteiger partial charge in [0, 0.05) is 5.56 Å². The number of ether oxygens (including phenoxy) is 3. The maximum absolute atomic E-state index is 12.1. The molecule has 1 N–H and O–H groups in total. The largest absolute Gasteiger partial charge is 0.494 e. The molecule has 0 bridgehead atoms. The minimum atomic E-state index is -0.572. The van der Waals surface area contributed by atoms with Gasteiger partial charge in [-0.25, -0.2) is 5.43 Å². The smallest absolute Gasteiger partial charge is 0.282 e. The van der Waals surface area contributed by atoms with Crippen LogP contribution in [0, 0.1) is 10.1 Å². The highest BCUT2D eigenvalue weighted by Gasteiger charge is 2.18. The zero-order chi connectivity index (χ0) is 19.8. The third-order valence-electron chi connectivity index (χ3n) is 3.53. The van der Waals surface area contributed by atoms with E-state index < -0.39 is 10.8 Å². The van der Waals surface area contributed by atoms with Gasteiger partial charge in [-0.2, -0.15) is 5.10 Å². The monoisotopic (exact) mass is 373 g/mol. The molecule has 1 amide bonds. The molecule has 0 aromatic heterocycles. The van der Waals surface area contributed by atoms with Crippen LogP contribution in [0.15, 0.2) is 41.5 Å². The molecule has 27 heavy (non-hydrogen) atoms. The molecule has 2 aromatic rings. The van der Waals surface area contributed by atoms with Crippen LogP contribution in [-0.4, -0.2) is 37.9 Å². The normalized spacial score (nSPS) is 10.5. The molecule has 0 spiro atoms. The second kappa shape index (κ2) is 9.18. The fourth-order valence-electron chi connectivity index (χ4n) is 2.24. The lowest BCUT2D eigenvalue weighted by Crippen LogP contribution is -2.17. The van der Waals surface area contributed by atoms with Crippen molar-refractivity contribution < 1.29 is 23.9 Å². The fraction of sp³-hybridized carbons (Fsp3) is 0.222. The summed E-state index contributed by atoms with van der Waals surface area (Å²) in [6.07, 6.45) is 1.17. The quantitative estimate of drug-likeness (QED) is 0.432. The van der Waals surface area contributed by atoms with Crippen molar-refractivity contribution in [2.24, 2.45) is 5.10 Å². The van der Waals surface area contributed by atoms with Gasteiger partial charge >= 0.3 is 0 Å². The van der Waals surface area contributed by atoms with Gasteiger partial charge in [-0.3, -0.25) is 14.9 Å². The van der Waals surface area contributed by atoms with Crippen LogP contribution in [0.2, 0.25) is 0 Å². The number of hydrogen-bond donors (Lipinski definition) is 1. The van der Waals surface area contributed by atoms with Gasteiger partial charge in [0.2, 0.25) is 0 Å². The number of nitrogens with one attached hydrogen (secondary N) is 1. The minimum absolute atomic E-state index is 0.157. The summed E-state index contributed by atoms with van der Waals surface area (Å²) in [6.45, 7) is 2.39. The highest BCUT2D eigenvalue weighted by atomic mass is 16.6. The number of methoxy groups -OCH3 is 2. The fourth-order valence-corrected chi connectivity index (χ4v) is 2.24. The lowest BCUT2D eigenvalue weighted by molar-refractivity contribution is -0.385. The van der Waals surface area contributed by atoms with Crippen molar-refractivity contribution in [2.45, 2.75) is 6.92 Å². The first-order chi connectivity index (χ1) is 13.0. The Balaban J connectivity index is 2.17. The number of amides is 1. The van der Waals surface area contributed by atoms with Crippen molar-refractivity contribution >= 4 is 17.8 Å². The van der Waals surface area contributed by atoms with Crippen molar-refractivity contribution in [3.05, 3.63) is 57.6 Å². The molecular weight excluding hydrogens is 354 g/mol. The Hall–Kier alpha value is -3.62. The average Bonchev–Trinajstić information content (AvgIpc) is 2.68. The molecule has 2 rings (SSSR count). The summed E-state index contributed by atoms with van der Waals surface area (Å²) in [5.41, 5.74) is 2.63. The Morgan fingerprint density at radius 3 is 2.37 bits per heavy atom. The van der Waals surface area contributed by atoms with E-state index >= 15 is 0 Å². The molecule has 0 unspecified atom stereocenters. The van der Waals surface area contributed by atoms with Crippen LogP contribution in [0.25, 0.3) is 0 Å². The molecule has 9 heteroatoms. The molecule has 142 valence electrons. The predicted octanol–water partition coefficient (Wildman–Crippen LogP) is 2.77. The molecule has 2 aromatic carbocycles. The Morgan fingerprint density at radius 2 is 1.81 bits per heavy atom. The SMILES string of the molecule is CCOc1ccc(C(=O)N/N=C/c2cc(OC)c(OC)cc2[N+](=O)[O-])cc1. The second-order valence-electron chi connectivity index (χ2n) is 5.18. The van der Waals surface area contributed by atoms with Crippen LogP contribution >= 0.6 is 0 Å². The van der Waals surface area contributed by atoms with E-state index in [1.807, 2.05) is 6.92 Å². The van der Waals surface area contributed by atoms with Crippen molar-refractivity contribution in [1.82, 2.24) is 5.43 Å². The number of carbonyl (C=O) groups is 1. The molecule has 9 nitrogen and oxygen atoms in total. The number of nitro benzene ring substituents is 1. The molecule has 0 atom stereocenters. The molecular formula is C18H19N3O6. The third kappa shape index (κ3) is 4.94. The highest BCUT2D eigenvalue weighted by Crippen LogP contribution is 2.33. The van der Waals surface area contributed by atoms with Gasteiger partial charge in [0.1, 0.15) is 5.75 Å². The number of benzene rings is 2. The topological polar surface area (TPSA) is 112 Å². The van der Waals surface area contributed by atoms with E-state index in [0.29, 0.717) is 23.7 Å². The minimum Gasteiger partial charge on any atom is -0.494 e. The first kappa shape index (κ1) is 19.7. The van der Waals surface area contributed by atoms with Crippen molar-refractivity contribution in [1.29, 1.82) is 0 Å². The number of hydrazone groups is 1. The first-order valence-electron chi connectivity index (χ1n) is 7.96. The Labute approximate surface area is 155 Å². The molecule has 0 aliphatic heterocycles. The summed E-state index contributed by atoms with van der Waals surface area (Å²) in [5.74, 6) is 0.720. The van der Waals surface area contributed by atoms with Crippen LogP contribution in [0.5, 0.6) is 17.2 Å². The van der Waals surface area contributed by atoms with Gasteiger partial charge in [0.25, 0.3) is 11.6 Å². The summed E-state index contributed by atoms with van der Waals surface area (Å²) in [6, 6.07) is 9.16. The lowest BCUT2D eigenvalue weighted by Gasteiger charge is -2.08. The summed E-state index contributed by atoms with van der Waals surface area (Å²) in [5, 5.41) is 15.0. The van der Waals surface area contributed by atoms with Gasteiger partial charge in [-0.05, 0) is 37.3 Å². The van der Waals surface area contributed by atoms with Gasteiger partial charge < -0.3 is 14.2 Å². The van der Waals surface area contributed by atoms with Gasteiger partial charge in [0.05, 0.1) is 43.6 Å². The van der Waals surface area contributed by atoms with Crippen molar-refractivity contribution in [2.75, 3.05) is 20.8 Å². The average molecular weight is 373 g/mol. The summed E-state index contributed by atoms with van der Waals surface area (Å²) in [7, 11) is 2.80. The lowest BCUT2D eigenvalue weighted by atomic mass is 10.1. The van der Waals surface area contributed by atoms with Gasteiger partial charge in [-0.1, -0.05) is 0 Å². The number of hydrogen-bond acceptors (Lipinski definition) is 7. The van der Waals surface area contributed by atoms with E-state index in [2.05, 4.69) is 10.5 Å². The van der Waals surface area contributed by atoms with Crippen molar-refractivity contribution in [3.63, 3.8) is 0 Å². The van der Waals surface area contributed by atoms with Crippen LogP contribution in [0.1, 0.15) is 22.8 Å². The zero-order valence-corrected chi connectivity index (χ0v) is 15.1. The molecule has 0 heterocycles. The maximum atomic E-state index is 12.1. The van der Waals surface area contributed by atoms with Crippen molar-refractivity contribution in [3.8, 4) is 17.2 Å². The highest BCUT2D eigenvalue weighted by molar-refractivity contribution is 5.95. The Kier molecular flexibility index (Phi) is 6.70. The molecule has 0 fully saturated rings. The molecule has 0 saturated carbocycles. The van der Waals surface area contributed by atoms with E-state index in [1.54, 1.807) is 24.3 Å². The summed E-state index contributed by atoms with van der Waals surface area (Å²) >= 11 is 0. The predicted molar refractivity (Wildman–Crippen MR) is 98.9 cm³/mol. The van der Waals surface area contributed by atoms with Crippen LogP contribution in [-0.2, 0) is 0 Å². The van der Waals surface area contributed by atoms with E-state index in [-0.39, 0.29) is 17.0 Å². The van der Waals surface area contributed by atoms with E-state index in [1.165, 1.54) is 32.6 Å². The Bertz CT molecular complexity index is 849. The van der Waals surface area contributed by atoms with Gasteiger partial charge in [0.15, 0.2) is 11.5 Å². The van der Waals surface area contributed by atoms with E-state index in [4.69, 9.17) is 14.2 Å². The third-order valence-corrected chi connectivity index (χ3v) is 3.53. The first-order valence-corrected chi connectivity index (χ1v) is 7.96. The van der Waals surface area contributed by atoms with Gasteiger partial charge in [-0.15, -0.1) is 0 Å². The standard InChI is InChI=1S/C18H19N3O6/c1-4-27-14-7-5-12(6-8-14)18(22)20-19-11-13-9-16(25-2)17(26-3)10-15(13)21(23)24/h5-11H,4H2,1-3H3,(H,20,22)/b19-11+.